The van der Waals surface area contributed by atoms with E-state index in [1.165, 1.54) is 21.5 Å². The number of rotatable bonds is 6. The molecule has 0 fully saturated rings. The summed E-state index contributed by atoms with van der Waals surface area (Å²) in [6.45, 7) is 18.4. The molecule has 36 heavy (non-hydrogen) atoms. The van der Waals surface area contributed by atoms with Gasteiger partial charge in [-0.3, -0.25) is 0 Å². The maximum Gasteiger partial charge on any atom is 0.0855 e. The zero-order chi connectivity index (χ0) is 26.3. The summed E-state index contributed by atoms with van der Waals surface area (Å²) in [7, 11) is -3.95. The first-order valence-electron chi connectivity index (χ1n) is 12.7. The second-order valence-corrected chi connectivity index (χ2v) is 23.4. The molecule has 0 spiro atoms. The summed E-state index contributed by atoms with van der Waals surface area (Å²) in [5.41, 5.74) is 6.84. The van der Waals surface area contributed by atoms with Crippen LogP contribution in [0.15, 0.2) is 94.7 Å². The summed E-state index contributed by atoms with van der Waals surface area (Å²) < 4.78 is 13.9. The van der Waals surface area contributed by atoms with Crippen molar-refractivity contribution in [2.24, 2.45) is 0 Å². The van der Waals surface area contributed by atoms with Gasteiger partial charge >= 0.3 is 0 Å². The van der Waals surface area contributed by atoms with Gasteiger partial charge in [-0.1, -0.05) is 122 Å². The monoisotopic (exact) mass is 526 g/mol. The van der Waals surface area contributed by atoms with Crippen LogP contribution in [0.3, 0.4) is 0 Å². The van der Waals surface area contributed by atoms with E-state index in [2.05, 4.69) is 114 Å². The maximum atomic E-state index is 13.9. The molecule has 0 atom stereocenters. The molecule has 186 valence electrons. The zero-order valence-electron chi connectivity index (χ0n) is 22.9. The van der Waals surface area contributed by atoms with Crippen LogP contribution in [0.25, 0.3) is 22.3 Å². The Morgan fingerprint density at radius 2 is 0.833 bits per heavy atom. The van der Waals surface area contributed by atoms with Crippen LogP contribution in [0.1, 0.15) is 11.1 Å². The topological polar surface area (TPSA) is 17.1 Å². The van der Waals surface area contributed by atoms with Crippen molar-refractivity contribution in [1.82, 2.24) is 0 Å². The average Bonchev–Trinajstić information content (AvgIpc) is 2.83. The molecular weight excluding hydrogens is 489 g/mol. The molecule has 0 aliphatic rings. The molecular formula is C32H38OSSi2. The third-order valence-electron chi connectivity index (χ3n) is 7.09. The van der Waals surface area contributed by atoms with Crippen molar-refractivity contribution in [2.45, 2.75) is 62.9 Å². The Labute approximate surface area is 222 Å². The Morgan fingerprint density at radius 3 is 1.14 bits per heavy atom. The Kier molecular flexibility index (Phi) is 7.43. The van der Waals surface area contributed by atoms with Crippen LogP contribution in [0.4, 0.5) is 0 Å². The fourth-order valence-corrected chi connectivity index (χ4v) is 8.42. The SMILES string of the molecule is Cc1c(-c2ccc([Si](C)(C)C)cc2)cccc1S(=O)c1cccc(-c2ccc([Si](C)(C)C)cc2)c1C. The first-order chi connectivity index (χ1) is 16.9. The van der Waals surface area contributed by atoms with Gasteiger partial charge in [-0.25, -0.2) is 4.21 Å². The third-order valence-corrected chi connectivity index (χ3v) is 12.9. The smallest absolute Gasteiger partial charge is 0.0855 e. The van der Waals surface area contributed by atoms with Crippen LogP contribution in [-0.4, -0.2) is 20.4 Å². The highest BCUT2D eigenvalue weighted by Crippen LogP contribution is 2.33. The summed E-state index contributed by atoms with van der Waals surface area (Å²) >= 11 is 0. The van der Waals surface area contributed by atoms with Crippen LogP contribution in [0.2, 0.25) is 39.3 Å². The average molecular weight is 527 g/mol. The summed E-state index contributed by atoms with van der Waals surface area (Å²) in [5, 5.41) is 2.91. The largest absolute Gasteiger partial charge is 0.249 e. The molecule has 0 bridgehead atoms. The van der Waals surface area contributed by atoms with Gasteiger partial charge < -0.3 is 0 Å². The Hall–Kier alpha value is -2.54. The normalized spacial score (nSPS) is 12.2. The molecule has 0 aliphatic carbocycles. The molecule has 0 radical (unpaired) electrons. The van der Waals surface area contributed by atoms with Crippen molar-refractivity contribution < 1.29 is 4.21 Å². The Bertz CT molecular complexity index is 1300. The molecule has 0 N–H and O–H groups in total. The number of hydrogen-bond donors (Lipinski definition) is 0. The summed E-state index contributed by atoms with van der Waals surface area (Å²) in [6, 6.07) is 30.3. The molecule has 4 heteroatoms. The van der Waals surface area contributed by atoms with Crippen LogP contribution in [0.5, 0.6) is 0 Å². The quantitative estimate of drug-likeness (QED) is 0.233. The Balaban J connectivity index is 1.70. The van der Waals surface area contributed by atoms with E-state index in [9.17, 15) is 4.21 Å². The van der Waals surface area contributed by atoms with Crippen LogP contribution in [0, 0.1) is 13.8 Å². The van der Waals surface area contributed by atoms with Gasteiger partial charge in [0.15, 0.2) is 0 Å². The van der Waals surface area contributed by atoms with E-state index in [4.69, 9.17) is 0 Å². The van der Waals surface area contributed by atoms with Crippen molar-refractivity contribution in [3.8, 4) is 22.3 Å². The van der Waals surface area contributed by atoms with E-state index in [1.54, 1.807) is 0 Å². The molecule has 0 amide bonds. The summed E-state index contributed by atoms with van der Waals surface area (Å²) in [4.78, 5) is 1.77. The van der Waals surface area contributed by atoms with Gasteiger partial charge in [0.25, 0.3) is 0 Å². The molecule has 4 aromatic rings. The molecule has 4 aromatic carbocycles. The van der Waals surface area contributed by atoms with Gasteiger partial charge in [-0.2, -0.15) is 0 Å². The first-order valence-corrected chi connectivity index (χ1v) is 20.9. The van der Waals surface area contributed by atoms with Crippen LogP contribution in [-0.2, 0) is 10.8 Å². The van der Waals surface area contributed by atoms with Crippen molar-refractivity contribution in [1.29, 1.82) is 0 Å². The van der Waals surface area contributed by atoms with E-state index < -0.39 is 26.9 Å². The second kappa shape index (κ2) is 10.1. The molecule has 0 unspecified atom stereocenters. The van der Waals surface area contributed by atoms with Gasteiger partial charge in [0, 0.05) is 9.79 Å². The minimum Gasteiger partial charge on any atom is -0.249 e. The predicted molar refractivity (Wildman–Crippen MR) is 164 cm³/mol. The van der Waals surface area contributed by atoms with Gasteiger partial charge in [-0.15, -0.1) is 0 Å². The third kappa shape index (κ3) is 5.41. The fourth-order valence-electron chi connectivity index (χ4n) is 4.67. The first kappa shape index (κ1) is 26.5. The van der Waals surface area contributed by atoms with E-state index in [1.807, 2.05) is 24.3 Å². The van der Waals surface area contributed by atoms with Gasteiger partial charge in [-0.05, 0) is 59.4 Å². The van der Waals surface area contributed by atoms with E-state index in [0.717, 1.165) is 32.0 Å². The lowest BCUT2D eigenvalue weighted by Gasteiger charge is -2.18. The molecule has 0 aromatic heterocycles. The van der Waals surface area contributed by atoms with Gasteiger partial charge in [0.2, 0.25) is 0 Å². The number of hydrogen-bond acceptors (Lipinski definition) is 1. The van der Waals surface area contributed by atoms with Crippen molar-refractivity contribution in [2.75, 3.05) is 0 Å². The zero-order valence-corrected chi connectivity index (χ0v) is 25.7. The second-order valence-electron chi connectivity index (χ2n) is 11.8. The lowest BCUT2D eigenvalue weighted by atomic mass is 10.0. The molecule has 1 nitrogen and oxygen atoms in total. The van der Waals surface area contributed by atoms with Gasteiger partial charge in [0.05, 0.1) is 26.9 Å². The molecule has 0 saturated heterocycles. The van der Waals surface area contributed by atoms with Crippen molar-refractivity contribution >= 4 is 37.3 Å². The maximum absolute atomic E-state index is 13.9. The van der Waals surface area contributed by atoms with E-state index in [-0.39, 0.29) is 0 Å². The summed E-state index contributed by atoms with van der Waals surface area (Å²) in [5.74, 6) is 0. The van der Waals surface area contributed by atoms with Crippen molar-refractivity contribution in [3.05, 3.63) is 96.1 Å². The van der Waals surface area contributed by atoms with Crippen LogP contribution < -0.4 is 10.4 Å². The van der Waals surface area contributed by atoms with Gasteiger partial charge in [0.1, 0.15) is 0 Å². The highest BCUT2D eigenvalue weighted by molar-refractivity contribution is 7.85. The summed E-state index contributed by atoms with van der Waals surface area (Å²) in [6.07, 6.45) is 0. The number of benzene rings is 4. The minimum atomic E-state index is -1.34. The molecule has 4 rings (SSSR count). The lowest BCUT2D eigenvalue weighted by Crippen LogP contribution is -2.37. The fraction of sp³-hybridized carbons (Fsp3) is 0.250. The highest BCUT2D eigenvalue weighted by Gasteiger charge is 2.20. The molecule has 0 heterocycles. The highest BCUT2D eigenvalue weighted by atomic mass is 32.2. The lowest BCUT2D eigenvalue weighted by molar-refractivity contribution is 0.682. The molecule has 0 aliphatic heterocycles. The Morgan fingerprint density at radius 1 is 0.500 bits per heavy atom. The van der Waals surface area contributed by atoms with Crippen molar-refractivity contribution in [3.63, 3.8) is 0 Å². The molecule has 0 saturated carbocycles. The minimum absolute atomic E-state index is 0.885. The van der Waals surface area contributed by atoms with E-state index in [0.29, 0.717) is 0 Å². The van der Waals surface area contributed by atoms with E-state index >= 15 is 0 Å². The predicted octanol–water partition coefficient (Wildman–Crippen LogP) is 7.89. The van der Waals surface area contributed by atoms with Crippen LogP contribution >= 0.6 is 0 Å². The standard InChI is InChI=1S/C32H38OSSi2/c1-23-29(25-15-19-27(20-16-25)35(3,4)5)11-9-13-31(23)34(33)32-14-10-12-30(24(32)2)26-17-21-28(22-18-26)36(6,7)8/h9-22H,1-8H3.